The van der Waals surface area contributed by atoms with Crippen molar-refractivity contribution in [2.75, 3.05) is 13.7 Å². The van der Waals surface area contributed by atoms with Gasteiger partial charge in [-0.1, -0.05) is 71.3 Å². The second-order valence-corrected chi connectivity index (χ2v) is 19.2. The lowest BCUT2D eigenvalue weighted by molar-refractivity contribution is -0.141. The number of halogens is 1. The van der Waals surface area contributed by atoms with Crippen LogP contribution >= 0.6 is 15.9 Å². The molecule has 4 amide bonds. The number of ether oxygens (including phenoxy) is 2. The molecule has 15 nitrogen and oxygen atoms in total. The monoisotopic (exact) mass is 915 g/mol. The summed E-state index contributed by atoms with van der Waals surface area (Å²) < 4.78 is 40.7. The highest BCUT2D eigenvalue weighted by Gasteiger charge is 2.61. The van der Waals surface area contributed by atoms with Crippen LogP contribution in [0.5, 0.6) is 5.75 Å². The van der Waals surface area contributed by atoms with Gasteiger partial charge in [-0.05, 0) is 95.0 Å². The second-order valence-electron chi connectivity index (χ2n) is 16.6. The van der Waals surface area contributed by atoms with Gasteiger partial charge in [-0.15, -0.1) is 0 Å². The molecule has 0 bridgehead atoms. The average Bonchev–Trinajstić information content (AvgIpc) is 3.51. The van der Waals surface area contributed by atoms with Gasteiger partial charge < -0.3 is 25.0 Å². The summed E-state index contributed by atoms with van der Waals surface area (Å²) in [5.74, 6) is -1.87. The highest BCUT2D eigenvalue weighted by molar-refractivity contribution is 9.10. The van der Waals surface area contributed by atoms with E-state index in [1.54, 1.807) is 46.1 Å². The Bertz CT molecular complexity index is 2420. The minimum absolute atomic E-state index is 0.0109. The van der Waals surface area contributed by atoms with Crippen LogP contribution in [0.15, 0.2) is 100 Å². The molecule has 3 aromatic carbocycles. The van der Waals surface area contributed by atoms with Gasteiger partial charge in [-0.3, -0.25) is 14.4 Å². The Morgan fingerprint density at radius 1 is 0.934 bits per heavy atom. The molecular formula is C44H50BrN7O8S. The predicted molar refractivity (Wildman–Crippen MR) is 230 cm³/mol. The number of benzene rings is 3. The Hall–Kier alpha value is -5.55. The molecule has 0 unspecified atom stereocenters. The summed E-state index contributed by atoms with van der Waals surface area (Å²) in [6.07, 6.45) is 6.27. The minimum Gasteiger partial charge on any atom is -0.497 e. The SMILES string of the molecule is COc1ccc(-c2nn([C@@H]3C[C@H]4C(=O)N[C@]5(C(=O)NS(=O)(=O)c6ccccc6)C[C@H]5/C=C/CCCCC[C@@H](NC(=O)OC(C)(C)C)C(=O)N4C3)nc2-c2cccc(Br)c2)cc1. The van der Waals surface area contributed by atoms with Gasteiger partial charge in [0, 0.05) is 34.5 Å². The minimum atomic E-state index is -4.28. The van der Waals surface area contributed by atoms with Gasteiger partial charge >= 0.3 is 6.09 Å². The van der Waals surface area contributed by atoms with Crippen molar-refractivity contribution >= 4 is 49.8 Å². The molecule has 2 aliphatic heterocycles. The van der Waals surface area contributed by atoms with Gasteiger partial charge in [0.2, 0.25) is 11.8 Å². The van der Waals surface area contributed by atoms with E-state index >= 15 is 0 Å². The summed E-state index contributed by atoms with van der Waals surface area (Å²) in [6.45, 7) is 5.17. The van der Waals surface area contributed by atoms with Crippen LogP contribution in [0.2, 0.25) is 0 Å². The third kappa shape index (κ3) is 9.99. The van der Waals surface area contributed by atoms with Crippen LogP contribution in [0.3, 0.4) is 0 Å². The zero-order valence-corrected chi connectivity index (χ0v) is 36.9. The van der Waals surface area contributed by atoms with E-state index in [9.17, 15) is 27.6 Å². The normalized spacial score (nSPS) is 23.9. The molecule has 5 atom stereocenters. The van der Waals surface area contributed by atoms with Gasteiger partial charge in [0.15, 0.2) is 0 Å². The quantitative estimate of drug-likeness (QED) is 0.169. The number of alkyl carbamates (subject to hydrolysis) is 1. The molecule has 61 heavy (non-hydrogen) atoms. The van der Waals surface area contributed by atoms with Crippen LogP contribution in [0, 0.1) is 5.92 Å². The topological polar surface area (TPSA) is 191 Å². The average molecular weight is 917 g/mol. The van der Waals surface area contributed by atoms with E-state index in [0.29, 0.717) is 30.0 Å². The zero-order valence-electron chi connectivity index (χ0n) is 34.5. The second kappa shape index (κ2) is 17.8. The number of hydrogen-bond acceptors (Lipinski definition) is 10. The number of hydrogen-bond donors (Lipinski definition) is 3. The van der Waals surface area contributed by atoms with E-state index < -0.39 is 69.0 Å². The number of carbonyl (C=O) groups is 4. The van der Waals surface area contributed by atoms with Crippen molar-refractivity contribution < 1.29 is 37.1 Å². The lowest BCUT2D eigenvalue weighted by Crippen LogP contribution is -2.58. The number of nitrogens with one attached hydrogen (secondary N) is 3. The van der Waals surface area contributed by atoms with Crippen molar-refractivity contribution in [1.29, 1.82) is 0 Å². The largest absolute Gasteiger partial charge is 0.497 e. The van der Waals surface area contributed by atoms with Crippen LogP contribution in [0.25, 0.3) is 22.5 Å². The molecule has 2 fully saturated rings. The zero-order chi connectivity index (χ0) is 43.5. The number of methoxy groups -OCH3 is 1. The maximum absolute atomic E-state index is 14.8. The molecule has 1 aromatic heterocycles. The number of nitrogens with zero attached hydrogens (tertiary/aromatic N) is 4. The van der Waals surface area contributed by atoms with Gasteiger partial charge in [0.25, 0.3) is 15.9 Å². The van der Waals surface area contributed by atoms with Gasteiger partial charge in [0.05, 0.1) is 18.0 Å². The first kappa shape index (κ1) is 43.5. The molecule has 3 aliphatic rings. The van der Waals surface area contributed by atoms with Crippen molar-refractivity contribution in [3.05, 3.63) is 95.5 Å². The van der Waals surface area contributed by atoms with Crippen LogP contribution in [0.4, 0.5) is 4.79 Å². The number of sulfonamides is 1. The summed E-state index contributed by atoms with van der Waals surface area (Å²) in [5, 5.41) is 15.6. The Kier molecular flexibility index (Phi) is 12.7. The van der Waals surface area contributed by atoms with Crippen LogP contribution in [-0.4, -0.2) is 89.0 Å². The lowest BCUT2D eigenvalue weighted by Gasteiger charge is -2.30. The first-order valence-electron chi connectivity index (χ1n) is 20.3. The van der Waals surface area contributed by atoms with Gasteiger partial charge in [-0.2, -0.15) is 15.0 Å². The molecule has 1 saturated heterocycles. The Labute approximate surface area is 363 Å². The Balaban J connectivity index is 1.26. The summed E-state index contributed by atoms with van der Waals surface area (Å²) >= 11 is 3.56. The molecule has 322 valence electrons. The number of aromatic nitrogens is 3. The van der Waals surface area contributed by atoms with Crippen LogP contribution < -0.4 is 20.1 Å². The molecule has 1 saturated carbocycles. The molecule has 3 N–H and O–H groups in total. The summed E-state index contributed by atoms with van der Waals surface area (Å²) in [5.41, 5.74) is 0.240. The Morgan fingerprint density at radius 2 is 1.66 bits per heavy atom. The van der Waals surface area contributed by atoms with E-state index in [-0.39, 0.29) is 30.7 Å². The third-order valence-electron chi connectivity index (χ3n) is 11.0. The highest BCUT2D eigenvalue weighted by atomic mass is 79.9. The third-order valence-corrected chi connectivity index (χ3v) is 12.9. The summed E-state index contributed by atoms with van der Waals surface area (Å²) in [6, 6.07) is 19.7. The van der Waals surface area contributed by atoms with E-state index in [1.807, 2.05) is 60.7 Å². The summed E-state index contributed by atoms with van der Waals surface area (Å²) in [7, 11) is -2.70. The Morgan fingerprint density at radius 3 is 2.34 bits per heavy atom. The van der Waals surface area contributed by atoms with Gasteiger partial charge in [-0.25, -0.2) is 17.9 Å². The fourth-order valence-electron chi connectivity index (χ4n) is 7.84. The molecule has 4 aromatic rings. The lowest BCUT2D eigenvalue weighted by atomic mass is 10.0. The molecule has 0 spiro atoms. The first-order valence-corrected chi connectivity index (χ1v) is 22.6. The standard InChI is InChI=1S/C44H50BrN7O8S/c1-43(2,3)60-42(56)46-35-19-12-7-5-6-9-15-30-26-44(30,41(55)50-61(57,58)34-17-10-8-11-18-34)47-39(53)36-25-32(27-51(36)40(35)54)52-48-37(28-20-22-33(59-4)23-21-28)38(49-52)29-14-13-16-31(45)24-29/h8-11,13-18,20-24,30,32,35-36H,5-7,12,19,25-27H2,1-4H3,(H,46,56)(H,47,53)(H,50,55)/b15-9+/t30-,32-,35-,36+,44-/m1/s1. The molecule has 1 aliphatic carbocycles. The number of fused-ring (bicyclic) bond motifs is 2. The molecular weight excluding hydrogens is 866 g/mol. The number of carbonyl (C=O) groups excluding carboxylic acids is 4. The maximum Gasteiger partial charge on any atom is 0.408 e. The number of rotatable bonds is 8. The molecule has 0 radical (unpaired) electrons. The van der Waals surface area contributed by atoms with E-state index in [4.69, 9.17) is 19.7 Å². The fraction of sp³-hybridized carbons (Fsp3) is 0.409. The molecule has 17 heteroatoms. The van der Waals surface area contributed by atoms with Crippen molar-refractivity contribution in [2.45, 2.75) is 99.9 Å². The maximum atomic E-state index is 14.8. The van der Waals surface area contributed by atoms with Crippen molar-refractivity contribution in [3.8, 4) is 28.3 Å². The van der Waals surface area contributed by atoms with E-state index in [2.05, 4.69) is 31.3 Å². The smallest absolute Gasteiger partial charge is 0.408 e. The molecule has 3 heterocycles. The first-order chi connectivity index (χ1) is 29.1. The van der Waals surface area contributed by atoms with Crippen LogP contribution in [0.1, 0.15) is 71.8 Å². The van der Waals surface area contributed by atoms with Crippen LogP contribution in [-0.2, 0) is 29.1 Å². The van der Waals surface area contributed by atoms with E-state index in [0.717, 1.165) is 28.4 Å². The fourth-order valence-corrected chi connectivity index (χ4v) is 9.30. The van der Waals surface area contributed by atoms with E-state index in [1.165, 1.54) is 21.8 Å². The van der Waals surface area contributed by atoms with Crippen molar-refractivity contribution in [1.82, 2.24) is 35.2 Å². The predicted octanol–water partition coefficient (Wildman–Crippen LogP) is 6.32. The van der Waals surface area contributed by atoms with Crippen molar-refractivity contribution in [3.63, 3.8) is 0 Å². The highest BCUT2D eigenvalue weighted by Crippen LogP contribution is 2.46. The van der Waals surface area contributed by atoms with Crippen molar-refractivity contribution in [2.24, 2.45) is 5.92 Å². The number of amides is 4. The number of allylic oxidation sites excluding steroid dienone is 1. The molecule has 7 rings (SSSR count). The summed E-state index contributed by atoms with van der Waals surface area (Å²) in [4.78, 5) is 59.6. The van der Waals surface area contributed by atoms with Gasteiger partial charge in [0.1, 0.15) is 40.4 Å².